The molecule has 0 saturated heterocycles. The van der Waals surface area contributed by atoms with Crippen molar-refractivity contribution in [3.63, 3.8) is 0 Å². The minimum absolute atomic E-state index is 0.103. The Hall–Kier alpha value is -1.62. The summed E-state index contributed by atoms with van der Waals surface area (Å²) in [6, 6.07) is 3.62. The van der Waals surface area contributed by atoms with Crippen LogP contribution in [0.2, 0.25) is 0 Å². The summed E-state index contributed by atoms with van der Waals surface area (Å²) in [5, 5.41) is 9.82. The Morgan fingerprint density at radius 2 is 2.14 bits per heavy atom. The largest absolute Gasteiger partial charge is 0.507 e. The predicted molar refractivity (Wildman–Crippen MR) is 79.6 cm³/mol. The molecule has 2 unspecified atom stereocenters. The van der Waals surface area contributed by atoms with Crippen molar-refractivity contribution in [1.29, 1.82) is 0 Å². The number of hydrogen-bond donors (Lipinski definition) is 2. The summed E-state index contributed by atoms with van der Waals surface area (Å²) in [7, 11) is 0. The van der Waals surface area contributed by atoms with Gasteiger partial charge in [-0.15, -0.1) is 0 Å². The van der Waals surface area contributed by atoms with E-state index in [1.165, 1.54) is 12.1 Å². The van der Waals surface area contributed by atoms with Crippen molar-refractivity contribution in [2.45, 2.75) is 38.6 Å². The smallest absolute Gasteiger partial charge is 0.257 e. The van der Waals surface area contributed by atoms with Crippen LogP contribution in [0.5, 0.6) is 5.75 Å². The average molecular weight is 294 g/mol. The Balaban J connectivity index is 2.25. The van der Waals surface area contributed by atoms with Crippen molar-refractivity contribution < 1.29 is 14.3 Å². The van der Waals surface area contributed by atoms with Gasteiger partial charge >= 0.3 is 0 Å². The maximum Gasteiger partial charge on any atom is 0.257 e. The Morgan fingerprint density at radius 3 is 2.76 bits per heavy atom. The summed E-state index contributed by atoms with van der Waals surface area (Å²) >= 11 is 0. The summed E-state index contributed by atoms with van der Waals surface area (Å²) in [4.78, 5) is 14.4. The number of benzene rings is 1. The van der Waals surface area contributed by atoms with Crippen molar-refractivity contribution in [3.05, 3.63) is 29.6 Å². The first-order chi connectivity index (χ1) is 10.1. The summed E-state index contributed by atoms with van der Waals surface area (Å²) in [6.07, 6.45) is 4.19. The molecule has 1 aromatic rings. The van der Waals surface area contributed by atoms with Crippen molar-refractivity contribution >= 4 is 5.91 Å². The van der Waals surface area contributed by atoms with E-state index in [0.717, 1.165) is 31.7 Å². The number of hydrogen-bond acceptors (Lipinski definition) is 3. The lowest BCUT2D eigenvalue weighted by Gasteiger charge is -2.39. The fourth-order valence-corrected chi connectivity index (χ4v) is 3.24. The van der Waals surface area contributed by atoms with E-state index in [0.29, 0.717) is 19.0 Å². The van der Waals surface area contributed by atoms with Gasteiger partial charge in [0.15, 0.2) is 0 Å². The number of amides is 1. The zero-order valence-electron chi connectivity index (χ0n) is 12.4. The molecule has 0 aromatic heterocycles. The Morgan fingerprint density at radius 1 is 1.43 bits per heavy atom. The minimum atomic E-state index is -0.551. The van der Waals surface area contributed by atoms with Crippen LogP contribution in [0.1, 0.15) is 43.0 Å². The Labute approximate surface area is 124 Å². The van der Waals surface area contributed by atoms with E-state index in [2.05, 4.69) is 0 Å². The molecule has 0 spiro atoms. The molecule has 3 N–H and O–H groups in total. The van der Waals surface area contributed by atoms with Crippen molar-refractivity contribution in [1.82, 2.24) is 4.90 Å². The molecule has 0 bridgehead atoms. The highest BCUT2D eigenvalue weighted by atomic mass is 19.1. The summed E-state index contributed by atoms with van der Waals surface area (Å²) in [5.41, 5.74) is 5.99. The number of nitrogens with two attached hydrogens (primary N) is 1. The van der Waals surface area contributed by atoms with E-state index in [4.69, 9.17) is 5.73 Å². The van der Waals surface area contributed by atoms with Crippen LogP contribution >= 0.6 is 0 Å². The maximum atomic E-state index is 13.1. The van der Waals surface area contributed by atoms with Crippen molar-refractivity contribution in [2.75, 3.05) is 13.1 Å². The Bertz CT molecular complexity index is 507. The van der Waals surface area contributed by atoms with Crippen LogP contribution in [-0.4, -0.2) is 35.0 Å². The van der Waals surface area contributed by atoms with Crippen LogP contribution in [0, 0.1) is 11.7 Å². The zero-order chi connectivity index (χ0) is 15.4. The first kappa shape index (κ1) is 15.8. The second kappa shape index (κ2) is 6.89. The van der Waals surface area contributed by atoms with Gasteiger partial charge in [-0.1, -0.05) is 12.8 Å². The molecule has 1 aliphatic rings. The van der Waals surface area contributed by atoms with Crippen LogP contribution in [0.25, 0.3) is 0 Å². The molecule has 0 radical (unpaired) electrons. The van der Waals surface area contributed by atoms with E-state index in [1.54, 1.807) is 4.90 Å². The standard InChI is InChI=1S/C16H23FN2O2/c1-2-19(14-6-4-3-5-11(14)10-18)16(21)13-8-7-12(17)9-15(13)20/h7-9,11,14,20H,2-6,10,18H2,1H3. The van der Waals surface area contributed by atoms with Crippen LogP contribution in [0.15, 0.2) is 18.2 Å². The van der Waals surface area contributed by atoms with Gasteiger partial charge in [0.1, 0.15) is 11.6 Å². The van der Waals surface area contributed by atoms with Gasteiger partial charge in [0.2, 0.25) is 0 Å². The third-order valence-electron chi connectivity index (χ3n) is 4.36. The molecule has 2 rings (SSSR count). The average Bonchev–Trinajstić information content (AvgIpc) is 2.48. The molecule has 1 aromatic carbocycles. The fraction of sp³-hybridized carbons (Fsp3) is 0.562. The lowest BCUT2D eigenvalue weighted by Crippen LogP contribution is -2.48. The lowest BCUT2D eigenvalue weighted by molar-refractivity contribution is 0.0557. The van der Waals surface area contributed by atoms with Gasteiger partial charge in [0.25, 0.3) is 5.91 Å². The topological polar surface area (TPSA) is 66.6 Å². The number of rotatable bonds is 4. The quantitative estimate of drug-likeness (QED) is 0.896. The molecule has 4 nitrogen and oxygen atoms in total. The van der Waals surface area contributed by atoms with Crippen LogP contribution in [0.3, 0.4) is 0 Å². The molecule has 1 aliphatic carbocycles. The number of carbonyl (C=O) groups is 1. The minimum Gasteiger partial charge on any atom is -0.507 e. The third kappa shape index (κ3) is 3.35. The number of carbonyl (C=O) groups excluding carboxylic acids is 1. The van der Waals surface area contributed by atoms with E-state index >= 15 is 0 Å². The van der Waals surface area contributed by atoms with Crippen LogP contribution < -0.4 is 5.73 Å². The summed E-state index contributed by atoms with van der Waals surface area (Å²) in [5.74, 6) is -0.811. The van der Waals surface area contributed by atoms with Gasteiger partial charge in [0, 0.05) is 18.7 Å². The van der Waals surface area contributed by atoms with Gasteiger partial charge < -0.3 is 15.7 Å². The van der Waals surface area contributed by atoms with Crippen LogP contribution in [-0.2, 0) is 0 Å². The highest BCUT2D eigenvalue weighted by Gasteiger charge is 2.32. The zero-order valence-corrected chi connectivity index (χ0v) is 12.4. The van der Waals surface area contributed by atoms with Crippen LogP contribution in [0.4, 0.5) is 4.39 Å². The molecule has 2 atom stereocenters. The second-order valence-electron chi connectivity index (χ2n) is 5.60. The van der Waals surface area contributed by atoms with E-state index in [1.807, 2.05) is 6.92 Å². The van der Waals surface area contributed by atoms with Gasteiger partial charge in [0.05, 0.1) is 5.56 Å². The predicted octanol–water partition coefficient (Wildman–Crippen LogP) is 2.51. The molecule has 1 saturated carbocycles. The summed E-state index contributed by atoms with van der Waals surface area (Å²) < 4.78 is 13.1. The monoisotopic (exact) mass is 294 g/mol. The van der Waals surface area contributed by atoms with E-state index < -0.39 is 5.82 Å². The molecule has 0 aliphatic heterocycles. The van der Waals surface area contributed by atoms with E-state index in [-0.39, 0.29) is 23.3 Å². The number of halogens is 1. The number of phenols is 1. The highest BCUT2D eigenvalue weighted by Crippen LogP contribution is 2.30. The second-order valence-corrected chi connectivity index (χ2v) is 5.60. The highest BCUT2D eigenvalue weighted by molar-refractivity contribution is 5.97. The molecule has 1 amide bonds. The number of aromatic hydroxyl groups is 1. The normalized spacial score (nSPS) is 22.0. The van der Waals surface area contributed by atoms with Crippen molar-refractivity contribution in [3.8, 4) is 5.75 Å². The van der Waals surface area contributed by atoms with Gasteiger partial charge in [-0.2, -0.15) is 0 Å². The first-order valence-corrected chi connectivity index (χ1v) is 7.58. The molecule has 5 heteroatoms. The van der Waals surface area contributed by atoms with Gasteiger partial charge in [-0.05, 0) is 44.4 Å². The molecule has 1 fully saturated rings. The molecular weight excluding hydrogens is 271 g/mol. The Kier molecular flexibility index (Phi) is 5.17. The summed E-state index contributed by atoms with van der Waals surface area (Å²) in [6.45, 7) is 3.03. The number of nitrogens with zero attached hydrogens (tertiary/aromatic N) is 1. The molecule has 0 heterocycles. The maximum absolute atomic E-state index is 13.1. The molecular formula is C16H23FN2O2. The molecule has 116 valence electrons. The first-order valence-electron chi connectivity index (χ1n) is 7.58. The lowest BCUT2D eigenvalue weighted by atomic mass is 9.83. The fourth-order valence-electron chi connectivity index (χ4n) is 3.24. The van der Waals surface area contributed by atoms with Gasteiger partial charge in [-0.3, -0.25) is 4.79 Å². The van der Waals surface area contributed by atoms with Gasteiger partial charge in [-0.25, -0.2) is 4.39 Å². The third-order valence-corrected chi connectivity index (χ3v) is 4.36. The van der Waals surface area contributed by atoms with E-state index in [9.17, 15) is 14.3 Å². The van der Waals surface area contributed by atoms with Crippen molar-refractivity contribution in [2.24, 2.45) is 11.7 Å². The SMILES string of the molecule is CCN(C(=O)c1ccc(F)cc1O)C1CCCCC1CN. The number of phenolic OH excluding ortho intramolecular Hbond substituents is 1. The molecule has 21 heavy (non-hydrogen) atoms.